The number of benzene rings is 1. The first-order valence-electron chi connectivity index (χ1n) is 6.08. The fraction of sp³-hybridized carbons (Fsp3) is 0.571. The van der Waals surface area contributed by atoms with Crippen LogP contribution in [0.15, 0.2) is 24.3 Å². The molecule has 0 amide bonds. The SMILES string of the molecule is C[N+]1(C)CC[N+](C)(C)Cc2ccc(cc2)C1. The highest BCUT2D eigenvalue weighted by Crippen LogP contribution is 2.17. The van der Waals surface area contributed by atoms with Crippen molar-refractivity contribution in [2.24, 2.45) is 0 Å². The maximum Gasteiger partial charge on any atom is 0.128 e. The lowest BCUT2D eigenvalue weighted by molar-refractivity contribution is -0.958. The van der Waals surface area contributed by atoms with Crippen LogP contribution in [0.5, 0.6) is 0 Å². The molecule has 16 heavy (non-hydrogen) atoms. The molecule has 2 aliphatic heterocycles. The second kappa shape index (κ2) is 3.86. The second-order valence-electron chi connectivity index (χ2n) is 6.45. The van der Waals surface area contributed by atoms with E-state index >= 15 is 0 Å². The van der Waals surface area contributed by atoms with Crippen LogP contribution in [-0.2, 0) is 13.1 Å². The van der Waals surface area contributed by atoms with E-state index in [0.29, 0.717) is 0 Å². The average molecular weight is 220 g/mol. The highest BCUT2D eigenvalue weighted by atomic mass is 15.4. The van der Waals surface area contributed by atoms with Gasteiger partial charge in [-0.25, -0.2) is 0 Å². The minimum atomic E-state index is 1.08. The summed E-state index contributed by atoms with van der Waals surface area (Å²) in [4.78, 5) is 0. The lowest BCUT2D eigenvalue weighted by Gasteiger charge is -2.37. The highest BCUT2D eigenvalue weighted by Gasteiger charge is 2.25. The van der Waals surface area contributed by atoms with Crippen LogP contribution in [0.3, 0.4) is 0 Å². The van der Waals surface area contributed by atoms with Crippen molar-refractivity contribution in [1.29, 1.82) is 0 Å². The molecule has 0 unspecified atom stereocenters. The Balaban J connectivity index is 2.34. The van der Waals surface area contributed by atoms with E-state index in [0.717, 1.165) is 22.1 Å². The zero-order chi connectivity index (χ0) is 11.8. The summed E-state index contributed by atoms with van der Waals surface area (Å²) in [6.07, 6.45) is 0. The van der Waals surface area contributed by atoms with Crippen molar-refractivity contribution in [3.8, 4) is 0 Å². The molecule has 0 saturated carbocycles. The number of hydrogen-bond donors (Lipinski definition) is 0. The first-order chi connectivity index (χ1) is 7.36. The van der Waals surface area contributed by atoms with Gasteiger partial charge < -0.3 is 8.97 Å². The van der Waals surface area contributed by atoms with Gasteiger partial charge in [0.2, 0.25) is 0 Å². The molecule has 0 aromatic heterocycles. The predicted molar refractivity (Wildman–Crippen MR) is 67.8 cm³/mol. The van der Waals surface area contributed by atoms with Gasteiger partial charge in [0.15, 0.2) is 0 Å². The molecule has 3 rings (SSSR count). The summed E-state index contributed by atoms with van der Waals surface area (Å²) in [6.45, 7) is 4.76. The van der Waals surface area contributed by atoms with Gasteiger partial charge in [0.25, 0.3) is 0 Å². The molecular formula is C14H24N2+2. The van der Waals surface area contributed by atoms with Crippen LogP contribution >= 0.6 is 0 Å². The molecule has 2 bridgehead atoms. The minimum Gasteiger partial charge on any atom is -0.320 e. The lowest BCUT2D eigenvalue weighted by Crippen LogP contribution is -2.50. The topological polar surface area (TPSA) is 0 Å². The van der Waals surface area contributed by atoms with E-state index in [1.54, 1.807) is 0 Å². The van der Waals surface area contributed by atoms with E-state index in [-0.39, 0.29) is 0 Å². The number of hydrogen-bond acceptors (Lipinski definition) is 0. The van der Waals surface area contributed by atoms with Crippen LogP contribution < -0.4 is 0 Å². The van der Waals surface area contributed by atoms with Crippen LogP contribution in [0.4, 0.5) is 0 Å². The maximum absolute atomic E-state index is 2.33. The molecule has 0 radical (unpaired) electrons. The van der Waals surface area contributed by atoms with E-state index < -0.39 is 0 Å². The highest BCUT2D eigenvalue weighted by molar-refractivity contribution is 5.21. The summed E-state index contributed by atoms with van der Waals surface area (Å²) in [5.74, 6) is 0. The lowest BCUT2D eigenvalue weighted by atomic mass is 10.1. The van der Waals surface area contributed by atoms with Gasteiger partial charge in [0.05, 0.1) is 28.2 Å². The number of fused-ring (bicyclic) bond motifs is 7. The van der Waals surface area contributed by atoms with Gasteiger partial charge in [-0.1, -0.05) is 24.3 Å². The monoisotopic (exact) mass is 220 g/mol. The normalized spacial score (nSPS) is 23.0. The minimum absolute atomic E-state index is 1.08. The molecule has 1 aromatic carbocycles. The first kappa shape index (κ1) is 11.6. The third-order valence-electron chi connectivity index (χ3n) is 3.55. The van der Waals surface area contributed by atoms with Crippen molar-refractivity contribution in [2.75, 3.05) is 41.3 Å². The van der Waals surface area contributed by atoms with Crippen LogP contribution in [0.2, 0.25) is 0 Å². The predicted octanol–water partition coefficient (Wildman–Crippen LogP) is 1.85. The Morgan fingerprint density at radius 2 is 1.00 bits per heavy atom. The molecule has 2 heterocycles. The Labute approximate surface area is 99.3 Å². The van der Waals surface area contributed by atoms with Crippen LogP contribution in [0.25, 0.3) is 0 Å². The molecule has 2 heteroatoms. The van der Waals surface area contributed by atoms with Crippen molar-refractivity contribution in [1.82, 2.24) is 0 Å². The van der Waals surface area contributed by atoms with Gasteiger partial charge in [-0.2, -0.15) is 0 Å². The van der Waals surface area contributed by atoms with Crippen molar-refractivity contribution in [2.45, 2.75) is 13.1 Å². The molecule has 0 N–H and O–H groups in total. The van der Waals surface area contributed by atoms with Crippen LogP contribution in [0.1, 0.15) is 11.1 Å². The molecule has 2 nitrogen and oxygen atoms in total. The number of likely N-dealkylation sites (N-methyl/N-ethyl adjacent to an activating group) is 2. The second-order valence-corrected chi connectivity index (χ2v) is 6.45. The Morgan fingerprint density at radius 1 is 0.688 bits per heavy atom. The maximum atomic E-state index is 2.33. The van der Waals surface area contributed by atoms with Gasteiger partial charge in [0, 0.05) is 11.1 Å². The molecule has 0 fully saturated rings. The summed E-state index contributed by atoms with van der Waals surface area (Å²) in [6, 6.07) is 9.17. The molecule has 1 aromatic rings. The summed E-state index contributed by atoms with van der Waals surface area (Å²) >= 11 is 0. The number of nitrogens with zero attached hydrogens (tertiary/aromatic N) is 2. The Bertz CT molecular complexity index is 326. The van der Waals surface area contributed by atoms with E-state index in [9.17, 15) is 0 Å². The van der Waals surface area contributed by atoms with Gasteiger partial charge in [0.1, 0.15) is 26.2 Å². The average Bonchev–Trinajstić information content (AvgIpc) is 2.17. The van der Waals surface area contributed by atoms with E-state index in [4.69, 9.17) is 0 Å². The van der Waals surface area contributed by atoms with E-state index in [1.807, 2.05) is 0 Å². The molecule has 88 valence electrons. The zero-order valence-corrected chi connectivity index (χ0v) is 11.0. The summed E-state index contributed by atoms with van der Waals surface area (Å²) in [7, 11) is 9.32. The number of quaternary nitrogens is 2. The summed E-state index contributed by atoms with van der Waals surface area (Å²) < 4.78 is 2.17. The quantitative estimate of drug-likeness (QED) is 0.585. The Kier molecular flexibility index (Phi) is 2.81. The van der Waals surface area contributed by atoms with E-state index in [2.05, 4.69) is 52.5 Å². The van der Waals surface area contributed by atoms with E-state index in [1.165, 1.54) is 24.2 Å². The molecule has 0 saturated heterocycles. The summed E-state index contributed by atoms with van der Waals surface area (Å²) in [5.41, 5.74) is 2.92. The van der Waals surface area contributed by atoms with Gasteiger partial charge in [-0.3, -0.25) is 0 Å². The fourth-order valence-corrected chi connectivity index (χ4v) is 2.44. The van der Waals surface area contributed by atoms with Gasteiger partial charge >= 0.3 is 0 Å². The number of rotatable bonds is 0. The smallest absolute Gasteiger partial charge is 0.128 e. The molecule has 2 aliphatic rings. The molecular weight excluding hydrogens is 196 g/mol. The summed E-state index contributed by atoms with van der Waals surface area (Å²) in [5, 5.41) is 0. The van der Waals surface area contributed by atoms with Crippen molar-refractivity contribution >= 4 is 0 Å². The van der Waals surface area contributed by atoms with Gasteiger partial charge in [-0.15, -0.1) is 0 Å². The van der Waals surface area contributed by atoms with Crippen molar-refractivity contribution < 1.29 is 8.97 Å². The standard InChI is InChI=1S/C14H24N2/c1-15(2)9-10-16(3,4)12-14-7-5-13(11-15)6-8-14/h5-8H,9-12H2,1-4H3/q+2. The van der Waals surface area contributed by atoms with Crippen LogP contribution in [0, 0.1) is 0 Å². The molecule has 0 spiro atoms. The Hall–Kier alpha value is -0.860. The third kappa shape index (κ3) is 2.83. The fourth-order valence-electron chi connectivity index (χ4n) is 2.44. The largest absolute Gasteiger partial charge is 0.320 e. The van der Waals surface area contributed by atoms with Crippen molar-refractivity contribution in [3.63, 3.8) is 0 Å². The van der Waals surface area contributed by atoms with Crippen molar-refractivity contribution in [3.05, 3.63) is 35.4 Å². The van der Waals surface area contributed by atoms with Crippen LogP contribution in [-0.4, -0.2) is 50.2 Å². The molecule has 0 atom stereocenters. The zero-order valence-electron chi connectivity index (χ0n) is 11.0. The van der Waals surface area contributed by atoms with Gasteiger partial charge in [-0.05, 0) is 0 Å². The molecule has 0 aliphatic carbocycles. The Morgan fingerprint density at radius 3 is 1.31 bits per heavy atom. The third-order valence-corrected chi connectivity index (χ3v) is 3.55. The first-order valence-corrected chi connectivity index (χ1v) is 6.08.